The van der Waals surface area contributed by atoms with Crippen molar-refractivity contribution in [2.24, 2.45) is 0 Å². The second-order valence-electron chi connectivity index (χ2n) is 3.68. The molecule has 0 saturated heterocycles. The van der Waals surface area contributed by atoms with Crippen LogP contribution in [0.3, 0.4) is 0 Å². The highest BCUT2D eigenvalue weighted by atomic mass is 79.9. The Morgan fingerprint density at radius 1 is 1.33 bits per heavy atom. The lowest BCUT2D eigenvalue weighted by Crippen LogP contribution is -2.03. The van der Waals surface area contributed by atoms with Gasteiger partial charge in [-0.2, -0.15) is 4.98 Å². The largest absolute Gasteiger partial charge is 0.432 e. The van der Waals surface area contributed by atoms with E-state index in [2.05, 4.69) is 31.2 Å². The number of ether oxygens (including phenoxy) is 1. The topological polar surface area (TPSA) is 90.2 Å². The maximum Gasteiger partial charge on any atom is 0.373 e. The number of nitrogens with zero attached hydrogens (tertiary/aromatic N) is 3. The minimum Gasteiger partial charge on any atom is -0.432 e. The van der Waals surface area contributed by atoms with Crippen molar-refractivity contribution in [3.63, 3.8) is 0 Å². The Bertz CT molecular complexity index is 714. The normalized spacial score (nSPS) is 10.3. The van der Waals surface area contributed by atoms with Gasteiger partial charge < -0.3 is 10.1 Å². The zero-order valence-corrected chi connectivity index (χ0v) is 13.5. The first-order valence-corrected chi connectivity index (χ1v) is 6.98. The van der Waals surface area contributed by atoms with Crippen molar-refractivity contribution in [2.45, 2.75) is 0 Å². The number of nitro groups is 1. The third kappa shape index (κ3) is 3.34. The molecule has 1 heterocycles. The molecule has 10 heteroatoms. The SMILES string of the molecule is CNc1ncnc(Oc2cc(Cl)c(Br)cc2Cl)c1[N+](=O)[O-]. The van der Waals surface area contributed by atoms with Crippen molar-refractivity contribution < 1.29 is 9.66 Å². The Labute approximate surface area is 137 Å². The number of aromatic nitrogens is 2. The monoisotopic (exact) mass is 392 g/mol. The zero-order chi connectivity index (χ0) is 15.6. The highest BCUT2D eigenvalue weighted by molar-refractivity contribution is 9.10. The van der Waals surface area contributed by atoms with Gasteiger partial charge in [0.15, 0.2) is 0 Å². The first-order valence-electron chi connectivity index (χ1n) is 5.43. The van der Waals surface area contributed by atoms with Crippen molar-refractivity contribution in [1.29, 1.82) is 0 Å². The lowest BCUT2D eigenvalue weighted by molar-refractivity contribution is -0.385. The zero-order valence-electron chi connectivity index (χ0n) is 10.4. The van der Waals surface area contributed by atoms with Crippen LogP contribution in [-0.2, 0) is 0 Å². The Balaban J connectivity index is 2.49. The van der Waals surface area contributed by atoms with Crippen molar-refractivity contribution in [1.82, 2.24) is 9.97 Å². The van der Waals surface area contributed by atoms with Crippen LogP contribution in [0.1, 0.15) is 0 Å². The average molecular weight is 394 g/mol. The summed E-state index contributed by atoms with van der Waals surface area (Å²) in [5.41, 5.74) is -0.393. The van der Waals surface area contributed by atoms with Gasteiger partial charge >= 0.3 is 11.6 Å². The molecule has 0 fully saturated rings. The molecule has 0 spiro atoms. The summed E-state index contributed by atoms with van der Waals surface area (Å²) in [6.07, 6.45) is 1.14. The molecule has 0 bridgehead atoms. The van der Waals surface area contributed by atoms with E-state index < -0.39 is 10.6 Å². The molecule has 2 aromatic rings. The van der Waals surface area contributed by atoms with Crippen LogP contribution < -0.4 is 10.1 Å². The highest BCUT2D eigenvalue weighted by Crippen LogP contribution is 2.39. The molecule has 0 aliphatic heterocycles. The molecule has 1 aromatic heterocycles. The Morgan fingerprint density at radius 3 is 2.67 bits per heavy atom. The van der Waals surface area contributed by atoms with E-state index in [1.54, 1.807) is 0 Å². The van der Waals surface area contributed by atoms with Gasteiger partial charge in [0, 0.05) is 17.6 Å². The summed E-state index contributed by atoms with van der Waals surface area (Å²) in [6.45, 7) is 0. The molecule has 2 rings (SSSR count). The van der Waals surface area contributed by atoms with E-state index in [9.17, 15) is 10.1 Å². The van der Waals surface area contributed by atoms with E-state index >= 15 is 0 Å². The van der Waals surface area contributed by atoms with E-state index in [4.69, 9.17) is 27.9 Å². The molecular weight excluding hydrogens is 387 g/mol. The molecule has 1 N–H and O–H groups in total. The predicted molar refractivity (Wildman–Crippen MR) is 82.5 cm³/mol. The molecule has 0 amide bonds. The molecule has 0 aliphatic rings. The van der Waals surface area contributed by atoms with E-state index in [1.807, 2.05) is 0 Å². The lowest BCUT2D eigenvalue weighted by atomic mass is 10.3. The van der Waals surface area contributed by atoms with E-state index in [0.717, 1.165) is 6.33 Å². The number of hydrogen-bond acceptors (Lipinski definition) is 6. The van der Waals surface area contributed by atoms with Crippen LogP contribution in [0.25, 0.3) is 0 Å². The van der Waals surface area contributed by atoms with E-state index in [0.29, 0.717) is 9.50 Å². The average Bonchev–Trinajstić information content (AvgIpc) is 2.44. The molecule has 0 saturated carbocycles. The molecule has 110 valence electrons. The standard InChI is InChI=1S/C11H7BrCl2N4O3/c1-15-10-9(18(19)20)11(17-4-16-10)21-8-3-6(13)5(12)2-7(8)14/h2-4H,1H3,(H,15,16,17). The third-order valence-corrected chi connectivity index (χ3v) is 3.88. The smallest absolute Gasteiger partial charge is 0.373 e. The van der Waals surface area contributed by atoms with Crippen molar-refractivity contribution in [2.75, 3.05) is 12.4 Å². The summed E-state index contributed by atoms with van der Waals surface area (Å²) in [4.78, 5) is 18.0. The first-order chi connectivity index (χ1) is 9.93. The van der Waals surface area contributed by atoms with E-state index in [1.165, 1.54) is 19.2 Å². The van der Waals surface area contributed by atoms with Crippen molar-refractivity contribution >= 4 is 50.6 Å². The number of nitrogens with one attached hydrogen (secondary N) is 1. The van der Waals surface area contributed by atoms with Crippen LogP contribution in [0.4, 0.5) is 11.5 Å². The van der Waals surface area contributed by atoms with Crippen LogP contribution in [-0.4, -0.2) is 21.9 Å². The first kappa shape index (κ1) is 15.7. The number of hydrogen-bond donors (Lipinski definition) is 1. The van der Waals surface area contributed by atoms with Crippen LogP contribution in [0.15, 0.2) is 22.9 Å². The fourth-order valence-corrected chi connectivity index (χ4v) is 2.30. The Kier molecular flexibility index (Phi) is 4.81. The fraction of sp³-hybridized carbons (Fsp3) is 0.0909. The number of anilines is 1. The van der Waals surface area contributed by atoms with Crippen molar-refractivity contribution in [3.05, 3.63) is 43.1 Å². The van der Waals surface area contributed by atoms with Gasteiger partial charge in [-0.1, -0.05) is 23.2 Å². The molecule has 7 nitrogen and oxygen atoms in total. The van der Waals surface area contributed by atoms with Gasteiger partial charge in [-0.25, -0.2) is 4.98 Å². The summed E-state index contributed by atoms with van der Waals surface area (Å²) in [7, 11) is 1.50. The second-order valence-corrected chi connectivity index (χ2v) is 5.35. The highest BCUT2D eigenvalue weighted by Gasteiger charge is 2.25. The molecule has 0 radical (unpaired) electrons. The summed E-state index contributed by atoms with van der Waals surface area (Å²) in [5.74, 6) is -0.0577. The minimum absolute atomic E-state index is 0.0318. The maximum atomic E-state index is 11.1. The van der Waals surface area contributed by atoms with Gasteiger partial charge in [-0.15, -0.1) is 0 Å². The Hall–Kier alpha value is -1.64. The molecule has 0 atom stereocenters. The van der Waals surface area contributed by atoms with E-state index in [-0.39, 0.29) is 22.5 Å². The fourth-order valence-electron chi connectivity index (χ4n) is 1.47. The summed E-state index contributed by atoms with van der Waals surface area (Å²) >= 11 is 15.2. The number of halogens is 3. The summed E-state index contributed by atoms with van der Waals surface area (Å²) in [5, 5.41) is 14.3. The summed E-state index contributed by atoms with van der Waals surface area (Å²) in [6, 6.07) is 2.95. The van der Waals surface area contributed by atoms with Crippen LogP contribution in [0, 0.1) is 10.1 Å². The molecule has 21 heavy (non-hydrogen) atoms. The van der Waals surface area contributed by atoms with Crippen LogP contribution in [0.5, 0.6) is 11.6 Å². The maximum absolute atomic E-state index is 11.1. The van der Waals surface area contributed by atoms with Gasteiger partial charge in [0.1, 0.15) is 12.1 Å². The summed E-state index contributed by atoms with van der Waals surface area (Å²) < 4.78 is 5.99. The third-order valence-electron chi connectivity index (χ3n) is 2.39. The molecule has 0 unspecified atom stereocenters. The van der Waals surface area contributed by atoms with Gasteiger partial charge in [0.05, 0.1) is 15.0 Å². The lowest BCUT2D eigenvalue weighted by Gasteiger charge is -2.09. The molecule has 1 aromatic carbocycles. The predicted octanol–water partition coefficient (Wildman–Crippen LogP) is 4.29. The Morgan fingerprint density at radius 2 is 2.05 bits per heavy atom. The molecular formula is C11H7BrCl2N4O3. The van der Waals surface area contributed by atoms with Gasteiger partial charge in [-0.3, -0.25) is 10.1 Å². The minimum atomic E-state index is -0.643. The second kappa shape index (κ2) is 6.42. The van der Waals surface area contributed by atoms with Gasteiger partial charge in [0.25, 0.3) is 0 Å². The van der Waals surface area contributed by atoms with Crippen LogP contribution >= 0.6 is 39.1 Å². The van der Waals surface area contributed by atoms with Crippen molar-refractivity contribution in [3.8, 4) is 11.6 Å². The van der Waals surface area contributed by atoms with Gasteiger partial charge in [0.2, 0.25) is 5.82 Å². The quantitative estimate of drug-likeness (QED) is 0.473. The molecule has 0 aliphatic carbocycles. The number of rotatable bonds is 4. The number of benzene rings is 1. The van der Waals surface area contributed by atoms with Crippen LogP contribution in [0.2, 0.25) is 10.0 Å². The van der Waals surface area contributed by atoms with Gasteiger partial charge in [-0.05, 0) is 22.0 Å².